The average Bonchev–Trinajstić information content (AvgIpc) is 2.66. The largest absolute Gasteiger partial charge is 0.573 e. The summed E-state index contributed by atoms with van der Waals surface area (Å²) >= 11 is 3.37. The highest BCUT2D eigenvalue weighted by Crippen LogP contribution is 2.24. The molecule has 4 nitrogen and oxygen atoms in total. The number of amides is 1. The maximum absolute atomic E-state index is 12.7. The van der Waals surface area contributed by atoms with Crippen molar-refractivity contribution in [3.05, 3.63) is 64.1 Å². The minimum absolute atomic E-state index is 0.0387. The molecule has 1 fully saturated rings. The molecule has 0 aliphatic carbocycles. The smallest absolute Gasteiger partial charge is 0.406 e. The van der Waals surface area contributed by atoms with Crippen molar-refractivity contribution >= 4 is 21.8 Å². The summed E-state index contributed by atoms with van der Waals surface area (Å²) in [5.41, 5.74) is 1.36. The molecule has 0 spiro atoms. The maximum atomic E-state index is 12.7. The van der Waals surface area contributed by atoms with E-state index in [4.69, 9.17) is 4.74 Å². The van der Waals surface area contributed by atoms with Gasteiger partial charge in [-0.25, -0.2) is 0 Å². The van der Waals surface area contributed by atoms with Crippen molar-refractivity contribution in [2.75, 3.05) is 13.1 Å². The quantitative estimate of drug-likeness (QED) is 0.621. The fraction of sp³-hybridized carbons (Fsp3) is 0.350. The first-order valence-electron chi connectivity index (χ1n) is 8.81. The van der Waals surface area contributed by atoms with E-state index in [0.29, 0.717) is 18.7 Å². The Morgan fingerprint density at radius 1 is 1.18 bits per heavy atom. The van der Waals surface area contributed by atoms with E-state index >= 15 is 0 Å². The van der Waals surface area contributed by atoms with Crippen LogP contribution in [0.3, 0.4) is 0 Å². The van der Waals surface area contributed by atoms with Crippen LogP contribution in [0.15, 0.2) is 53.0 Å². The number of hydrogen-bond acceptors (Lipinski definition) is 3. The van der Waals surface area contributed by atoms with Crippen molar-refractivity contribution in [1.82, 2.24) is 4.90 Å². The molecule has 0 saturated carbocycles. The lowest BCUT2D eigenvalue weighted by molar-refractivity contribution is -0.274. The number of halogens is 4. The number of likely N-dealkylation sites (tertiary alicyclic amines) is 1. The van der Waals surface area contributed by atoms with E-state index in [1.165, 1.54) is 24.3 Å². The molecule has 0 aromatic heterocycles. The second-order valence-electron chi connectivity index (χ2n) is 6.53. The van der Waals surface area contributed by atoms with Crippen LogP contribution in [-0.2, 0) is 11.3 Å². The van der Waals surface area contributed by atoms with Crippen molar-refractivity contribution in [3.63, 3.8) is 0 Å². The number of carbonyl (C=O) groups is 1. The van der Waals surface area contributed by atoms with E-state index in [1.54, 1.807) is 17.0 Å². The molecule has 1 amide bonds. The van der Waals surface area contributed by atoms with Gasteiger partial charge < -0.3 is 14.4 Å². The zero-order valence-electron chi connectivity index (χ0n) is 14.9. The lowest BCUT2D eigenvalue weighted by Gasteiger charge is -2.32. The second-order valence-corrected chi connectivity index (χ2v) is 7.44. The van der Waals surface area contributed by atoms with E-state index in [1.807, 2.05) is 12.1 Å². The number of ether oxygens (including phenoxy) is 2. The first-order chi connectivity index (χ1) is 13.3. The SMILES string of the molecule is O=C(c1cccc(Br)c1)N1CCCC(OCc2ccc(OC(F)(F)F)cc2)C1. The lowest BCUT2D eigenvalue weighted by atomic mass is 10.1. The summed E-state index contributed by atoms with van der Waals surface area (Å²) in [6.45, 7) is 1.42. The summed E-state index contributed by atoms with van der Waals surface area (Å²) in [5, 5.41) is 0. The third-order valence-corrected chi connectivity index (χ3v) is 4.87. The van der Waals surface area contributed by atoms with Gasteiger partial charge in [-0.05, 0) is 48.7 Å². The molecule has 0 bridgehead atoms. The predicted molar refractivity (Wildman–Crippen MR) is 101 cm³/mol. The summed E-state index contributed by atoms with van der Waals surface area (Å²) in [4.78, 5) is 14.4. The zero-order chi connectivity index (χ0) is 20.1. The molecule has 0 N–H and O–H groups in total. The first-order valence-corrected chi connectivity index (χ1v) is 9.60. The molecule has 8 heteroatoms. The Hall–Kier alpha value is -2.06. The van der Waals surface area contributed by atoms with Crippen LogP contribution in [-0.4, -0.2) is 36.4 Å². The summed E-state index contributed by atoms with van der Waals surface area (Å²) in [6.07, 6.45) is -3.15. The second kappa shape index (κ2) is 8.96. The monoisotopic (exact) mass is 457 g/mol. The Kier molecular flexibility index (Phi) is 6.61. The minimum atomic E-state index is -4.70. The molecule has 1 atom stereocenters. The summed E-state index contributed by atoms with van der Waals surface area (Å²) in [7, 11) is 0. The molecule has 1 saturated heterocycles. The van der Waals surface area contributed by atoms with E-state index < -0.39 is 6.36 Å². The highest BCUT2D eigenvalue weighted by atomic mass is 79.9. The molecule has 2 aromatic carbocycles. The topological polar surface area (TPSA) is 38.8 Å². The normalized spacial score (nSPS) is 17.4. The minimum Gasteiger partial charge on any atom is -0.406 e. The molecular weight excluding hydrogens is 439 g/mol. The third-order valence-electron chi connectivity index (χ3n) is 4.38. The number of piperidine rings is 1. The molecule has 1 aliphatic rings. The number of benzene rings is 2. The Morgan fingerprint density at radius 3 is 2.61 bits per heavy atom. The van der Waals surface area contributed by atoms with E-state index in [2.05, 4.69) is 20.7 Å². The zero-order valence-corrected chi connectivity index (χ0v) is 16.5. The number of alkyl halides is 3. The molecule has 3 rings (SSSR count). The van der Waals surface area contributed by atoms with Crippen LogP contribution in [0.5, 0.6) is 5.75 Å². The van der Waals surface area contributed by atoms with Gasteiger partial charge in [0.15, 0.2) is 0 Å². The Balaban J connectivity index is 1.53. The van der Waals surface area contributed by atoms with Gasteiger partial charge in [0.25, 0.3) is 5.91 Å². The Bertz CT molecular complexity index is 811. The van der Waals surface area contributed by atoms with Crippen molar-refractivity contribution in [1.29, 1.82) is 0 Å². The molecule has 150 valence electrons. The summed E-state index contributed by atoms with van der Waals surface area (Å²) < 4.78 is 47.2. The fourth-order valence-electron chi connectivity index (χ4n) is 3.06. The molecule has 1 unspecified atom stereocenters. The molecule has 28 heavy (non-hydrogen) atoms. The van der Waals surface area contributed by atoms with Crippen molar-refractivity contribution in [2.45, 2.75) is 31.9 Å². The molecule has 1 aliphatic heterocycles. The van der Waals surface area contributed by atoms with E-state index in [-0.39, 0.29) is 24.4 Å². The van der Waals surface area contributed by atoms with Gasteiger partial charge in [0, 0.05) is 23.1 Å². The van der Waals surface area contributed by atoms with Gasteiger partial charge >= 0.3 is 6.36 Å². The van der Waals surface area contributed by atoms with Crippen LogP contribution in [0.25, 0.3) is 0 Å². The van der Waals surface area contributed by atoms with Crippen molar-refractivity contribution in [2.24, 2.45) is 0 Å². The maximum Gasteiger partial charge on any atom is 0.573 e. The van der Waals surface area contributed by atoms with Crippen LogP contribution in [0, 0.1) is 0 Å². The van der Waals surface area contributed by atoms with E-state index in [0.717, 1.165) is 22.9 Å². The van der Waals surface area contributed by atoms with Crippen LogP contribution < -0.4 is 4.74 Å². The van der Waals surface area contributed by atoms with Gasteiger partial charge in [0.05, 0.1) is 12.7 Å². The number of rotatable bonds is 5. The Morgan fingerprint density at radius 2 is 1.93 bits per heavy atom. The number of hydrogen-bond donors (Lipinski definition) is 0. The highest BCUT2D eigenvalue weighted by molar-refractivity contribution is 9.10. The van der Waals surface area contributed by atoms with E-state index in [9.17, 15) is 18.0 Å². The van der Waals surface area contributed by atoms with Gasteiger partial charge in [-0.1, -0.05) is 34.1 Å². The Labute approximate surface area is 169 Å². The van der Waals surface area contributed by atoms with Crippen molar-refractivity contribution < 1.29 is 27.4 Å². The summed E-state index contributed by atoms with van der Waals surface area (Å²) in [6, 6.07) is 12.8. The van der Waals surface area contributed by atoms with Gasteiger partial charge in [-0.2, -0.15) is 0 Å². The molecular formula is C20H19BrF3NO3. The van der Waals surface area contributed by atoms with Gasteiger partial charge in [0.2, 0.25) is 0 Å². The van der Waals surface area contributed by atoms with Gasteiger partial charge in [0.1, 0.15) is 5.75 Å². The predicted octanol–water partition coefficient (Wildman–Crippen LogP) is 5.17. The molecule has 0 radical (unpaired) electrons. The lowest BCUT2D eigenvalue weighted by Crippen LogP contribution is -2.43. The van der Waals surface area contributed by atoms with Crippen LogP contribution >= 0.6 is 15.9 Å². The molecule has 2 aromatic rings. The average molecular weight is 458 g/mol. The number of carbonyl (C=O) groups excluding carboxylic acids is 1. The first kappa shape index (κ1) is 20.7. The fourth-order valence-corrected chi connectivity index (χ4v) is 3.46. The van der Waals surface area contributed by atoms with Gasteiger partial charge in [-0.15, -0.1) is 13.2 Å². The standard InChI is InChI=1S/C20H19BrF3NO3/c21-16-4-1-3-15(11-16)19(26)25-10-2-5-18(12-25)27-13-14-6-8-17(9-7-14)28-20(22,23)24/h1,3-4,6-9,11,18H,2,5,10,12-13H2. The van der Waals surface area contributed by atoms with Crippen LogP contribution in [0.2, 0.25) is 0 Å². The van der Waals surface area contributed by atoms with Crippen molar-refractivity contribution in [3.8, 4) is 5.75 Å². The number of nitrogens with zero attached hydrogens (tertiary/aromatic N) is 1. The third kappa shape index (κ3) is 5.97. The van der Waals surface area contributed by atoms with Crippen LogP contribution in [0.1, 0.15) is 28.8 Å². The summed E-state index contributed by atoms with van der Waals surface area (Å²) in [5.74, 6) is -0.303. The highest BCUT2D eigenvalue weighted by Gasteiger charge is 2.31. The molecule has 1 heterocycles. The van der Waals surface area contributed by atoms with Gasteiger partial charge in [-0.3, -0.25) is 4.79 Å². The van der Waals surface area contributed by atoms with Crippen LogP contribution in [0.4, 0.5) is 13.2 Å².